The molecule has 0 spiro atoms. The van der Waals surface area contributed by atoms with Crippen LogP contribution in [0.1, 0.15) is 24.2 Å². The molecule has 0 saturated heterocycles. The van der Waals surface area contributed by atoms with Gasteiger partial charge in [-0.05, 0) is 30.7 Å². The van der Waals surface area contributed by atoms with E-state index in [1.807, 2.05) is 25.1 Å². The third kappa shape index (κ3) is 3.36. The van der Waals surface area contributed by atoms with Crippen molar-refractivity contribution in [3.8, 4) is 0 Å². The third-order valence-electron chi connectivity index (χ3n) is 2.95. The maximum absolute atomic E-state index is 13.5. The highest BCUT2D eigenvalue weighted by Crippen LogP contribution is 2.18. The molecule has 5 nitrogen and oxygen atoms in total. The molecule has 0 aliphatic rings. The number of nitro groups is 1. The molecular weight excluding hydrogens is 261 g/mol. The number of rotatable bonds is 5. The maximum atomic E-state index is 13.5. The van der Waals surface area contributed by atoms with Crippen LogP contribution in [-0.4, -0.2) is 9.91 Å². The van der Waals surface area contributed by atoms with Crippen LogP contribution in [0.3, 0.4) is 0 Å². The lowest BCUT2D eigenvalue weighted by Crippen LogP contribution is -2.19. The molecule has 0 fully saturated rings. The maximum Gasteiger partial charge on any atom is 0.304 e. The normalized spacial score (nSPS) is 12.1. The molecule has 6 heteroatoms. The SMILES string of the molecule is C[C@H](NCc1ccc([N+](=O)[O-])c(F)c1)c1ccccn1. The first-order valence-electron chi connectivity index (χ1n) is 6.15. The summed E-state index contributed by atoms with van der Waals surface area (Å²) >= 11 is 0. The summed E-state index contributed by atoms with van der Waals surface area (Å²) in [6, 6.07) is 9.53. The van der Waals surface area contributed by atoms with Gasteiger partial charge in [-0.25, -0.2) is 0 Å². The Balaban J connectivity index is 2.01. The van der Waals surface area contributed by atoms with Gasteiger partial charge in [0, 0.05) is 24.8 Å². The fraction of sp³-hybridized carbons (Fsp3) is 0.214. The monoisotopic (exact) mass is 275 g/mol. The van der Waals surface area contributed by atoms with Gasteiger partial charge < -0.3 is 5.32 Å². The first-order chi connectivity index (χ1) is 9.58. The predicted octanol–water partition coefficient (Wildman–Crippen LogP) is 2.98. The summed E-state index contributed by atoms with van der Waals surface area (Å²) < 4.78 is 13.5. The summed E-state index contributed by atoms with van der Waals surface area (Å²) in [5.74, 6) is -0.820. The number of hydrogen-bond acceptors (Lipinski definition) is 4. The second-order valence-corrected chi connectivity index (χ2v) is 4.40. The second-order valence-electron chi connectivity index (χ2n) is 4.40. The summed E-state index contributed by atoms with van der Waals surface area (Å²) in [4.78, 5) is 14.0. The molecule has 104 valence electrons. The molecule has 1 atom stereocenters. The molecule has 0 bridgehead atoms. The molecule has 2 aromatic rings. The van der Waals surface area contributed by atoms with Crippen LogP contribution in [0.5, 0.6) is 0 Å². The number of nitrogens with zero attached hydrogens (tertiary/aromatic N) is 2. The van der Waals surface area contributed by atoms with Crippen molar-refractivity contribution in [3.05, 3.63) is 69.8 Å². The molecule has 0 unspecified atom stereocenters. The van der Waals surface area contributed by atoms with Crippen molar-refractivity contribution in [3.63, 3.8) is 0 Å². The lowest BCUT2D eigenvalue weighted by Gasteiger charge is -2.13. The Labute approximate surface area is 115 Å². The Morgan fingerprint density at radius 3 is 2.80 bits per heavy atom. The van der Waals surface area contributed by atoms with Crippen molar-refractivity contribution in [2.24, 2.45) is 0 Å². The van der Waals surface area contributed by atoms with Gasteiger partial charge in [0.15, 0.2) is 0 Å². The van der Waals surface area contributed by atoms with E-state index in [9.17, 15) is 14.5 Å². The van der Waals surface area contributed by atoms with Crippen molar-refractivity contribution in [1.29, 1.82) is 0 Å². The largest absolute Gasteiger partial charge is 0.305 e. The number of nitro benzene ring substituents is 1. The minimum atomic E-state index is -0.820. The Hall–Kier alpha value is -2.34. The lowest BCUT2D eigenvalue weighted by atomic mass is 10.1. The van der Waals surface area contributed by atoms with Gasteiger partial charge in [0.05, 0.1) is 10.6 Å². The number of benzene rings is 1. The second kappa shape index (κ2) is 6.21. The van der Waals surface area contributed by atoms with Crippen molar-refractivity contribution in [2.45, 2.75) is 19.5 Å². The third-order valence-corrected chi connectivity index (χ3v) is 2.95. The molecule has 20 heavy (non-hydrogen) atoms. The first kappa shape index (κ1) is 14.1. The highest BCUT2D eigenvalue weighted by atomic mass is 19.1. The Morgan fingerprint density at radius 2 is 2.20 bits per heavy atom. The molecule has 1 heterocycles. The van der Waals surface area contributed by atoms with E-state index >= 15 is 0 Å². The van der Waals surface area contributed by atoms with E-state index < -0.39 is 16.4 Å². The number of pyridine rings is 1. The molecule has 1 N–H and O–H groups in total. The minimum absolute atomic E-state index is 0.00875. The first-order valence-corrected chi connectivity index (χ1v) is 6.15. The molecule has 2 rings (SSSR count). The molecule has 0 saturated carbocycles. The number of nitrogens with one attached hydrogen (secondary N) is 1. The van der Waals surface area contributed by atoms with Gasteiger partial charge >= 0.3 is 5.69 Å². The van der Waals surface area contributed by atoms with Crippen LogP contribution in [-0.2, 0) is 6.54 Å². The molecule has 1 aromatic heterocycles. The van der Waals surface area contributed by atoms with Crippen LogP contribution in [0.15, 0.2) is 42.6 Å². The summed E-state index contributed by atoms with van der Waals surface area (Å²) in [6.07, 6.45) is 1.71. The Morgan fingerprint density at radius 1 is 1.40 bits per heavy atom. The van der Waals surface area contributed by atoms with E-state index in [1.54, 1.807) is 12.3 Å². The van der Waals surface area contributed by atoms with Crippen LogP contribution < -0.4 is 5.32 Å². The quantitative estimate of drug-likeness (QED) is 0.672. The molecule has 0 radical (unpaired) electrons. The Bertz CT molecular complexity index is 605. The number of hydrogen-bond donors (Lipinski definition) is 1. The van der Waals surface area contributed by atoms with Gasteiger partial charge in [0.25, 0.3) is 0 Å². The lowest BCUT2D eigenvalue weighted by molar-refractivity contribution is -0.387. The minimum Gasteiger partial charge on any atom is -0.305 e. The van der Waals surface area contributed by atoms with Gasteiger partial charge in [-0.2, -0.15) is 4.39 Å². The van der Waals surface area contributed by atoms with Crippen molar-refractivity contribution < 1.29 is 9.31 Å². The standard InChI is InChI=1S/C14H14FN3O2/c1-10(13-4-2-3-7-16-13)17-9-11-5-6-14(18(19)20)12(15)8-11/h2-8,10,17H,9H2,1H3/t10-/m0/s1. The predicted molar refractivity (Wildman–Crippen MR) is 72.5 cm³/mol. The van der Waals surface area contributed by atoms with Gasteiger partial charge in [-0.1, -0.05) is 12.1 Å². The molecule has 1 aromatic carbocycles. The van der Waals surface area contributed by atoms with E-state index in [1.165, 1.54) is 12.1 Å². The van der Waals surface area contributed by atoms with E-state index in [0.29, 0.717) is 12.1 Å². The van der Waals surface area contributed by atoms with Crippen molar-refractivity contribution >= 4 is 5.69 Å². The molecule has 0 aliphatic heterocycles. The van der Waals surface area contributed by atoms with Crippen LogP contribution in [0.25, 0.3) is 0 Å². The molecule has 0 aliphatic carbocycles. The topological polar surface area (TPSA) is 68.1 Å². The van der Waals surface area contributed by atoms with E-state index in [0.717, 1.165) is 5.69 Å². The number of aromatic nitrogens is 1. The average Bonchev–Trinajstić information content (AvgIpc) is 2.45. The van der Waals surface area contributed by atoms with Gasteiger partial charge in [0.1, 0.15) is 0 Å². The van der Waals surface area contributed by atoms with Gasteiger partial charge in [-0.15, -0.1) is 0 Å². The van der Waals surface area contributed by atoms with Crippen molar-refractivity contribution in [1.82, 2.24) is 10.3 Å². The summed E-state index contributed by atoms with van der Waals surface area (Å²) in [7, 11) is 0. The smallest absolute Gasteiger partial charge is 0.304 e. The highest BCUT2D eigenvalue weighted by Gasteiger charge is 2.14. The van der Waals surface area contributed by atoms with E-state index in [2.05, 4.69) is 10.3 Å². The number of halogens is 1. The summed E-state index contributed by atoms with van der Waals surface area (Å²) in [5, 5.41) is 13.7. The fourth-order valence-corrected chi connectivity index (χ4v) is 1.82. The molecule has 0 amide bonds. The Kier molecular flexibility index (Phi) is 4.37. The summed E-state index contributed by atoms with van der Waals surface area (Å²) in [6.45, 7) is 2.36. The van der Waals surface area contributed by atoms with Crippen molar-refractivity contribution in [2.75, 3.05) is 0 Å². The average molecular weight is 275 g/mol. The zero-order valence-electron chi connectivity index (χ0n) is 10.9. The van der Waals surface area contributed by atoms with Crippen LogP contribution >= 0.6 is 0 Å². The zero-order chi connectivity index (χ0) is 14.5. The van der Waals surface area contributed by atoms with Crippen LogP contribution in [0.4, 0.5) is 10.1 Å². The van der Waals surface area contributed by atoms with Gasteiger partial charge in [-0.3, -0.25) is 15.1 Å². The van der Waals surface area contributed by atoms with E-state index in [4.69, 9.17) is 0 Å². The van der Waals surface area contributed by atoms with Crippen LogP contribution in [0.2, 0.25) is 0 Å². The fourth-order valence-electron chi connectivity index (χ4n) is 1.82. The zero-order valence-corrected chi connectivity index (χ0v) is 10.9. The van der Waals surface area contributed by atoms with Gasteiger partial charge in [0.2, 0.25) is 5.82 Å². The van der Waals surface area contributed by atoms with E-state index in [-0.39, 0.29) is 6.04 Å². The van der Waals surface area contributed by atoms with Crippen LogP contribution in [0, 0.1) is 15.9 Å². The highest BCUT2D eigenvalue weighted by molar-refractivity contribution is 5.35. The molecular formula is C14H14FN3O2. The summed E-state index contributed by atoms with van der Waals surface area (Å²) in [5.41, 5.74) is 1.03.